The molecular formula is C58H56ClF6N11O6. The number of methoxy groups -OCH3 is 1. The van der Waals surface area contributed by atoms with E-state index in [4.69, 9.17) is 35.8 Å². The molecule has 428 valence electrons. The second-order valence-corrected chi connectivity index (χ2v) is 21.5. The van der Waals surface area contributed by atoms with Gasteiger partial charge in [-0.2, -0.15) is 28.2 Å². The van der Waals surface area contributed by atoms with Crippen LogP contribution in [0.1, 0.15) is 68.8 Å². The van der Waals surface area contributed by atoms with E-state index in [-0.39, 0.29) is 94.2 Å². The van der Waals surface area contributed by atoms with Crippen molar-refractivity contribution >= 4 is 51.0 Å². The maximum absolute atomic E-state index is 15.8. The van der Waals surface area contributed by atoms with Gasteiger partial charge in [-0.3, -0.25) is 14.7 Å². The summed E-state index contributed by atoms with van der Waals surface area (Å²) in [5, 5.41) is 31.6. The Balaban J connectivity index is 0.869. The number of carbonyl (C=O) groups excluding carboxylic acids is 2. The van der Waals surface area contributed by atoms with E-state index in [2.05, 4.69) is 31.1 Å². The predicted molar refractivity (Wildman–Crippen MR) is 292 cm³/mol. The third-order valence-corrected chi connectivity index (χ3v) is 15.9. The third-order valence-electron chi connectivity index (χ3n) is 15.5. The maximum Gasteiger partial charge on any atom is 0.417 e. The van der Waals surface area contributed by atoms with Crippen LogP contribution in [0.25, 0.3) is 55.3 Å². The lowest BCUT2D eigenvalue weighted by molar-refractivity contribution is -0.142. The van der Waals surface area contributed by atoms with E-state index in [0.29, 0.717) is 53.9 Å². The lowest BCUT2D eigenvalue weighted by Crippen LogP contribution is -2.50. The van der Waals surface area contributed by atoms with Gasteiger partial charge < -0.3 is 39.8 Å². The van der Waals surface area contributed by atoms with Crippen LogP contribution in [0.5, 0.6) is 11.8 Å². The number of aliphatic hydroxyl groups is 1. The quantitative estimate of drug-likeness (QED) is 0.0593. The van der Waals surface area contributed by atoms with Gasteiger partial charge in [-0.25, -0.2) is 17.9 Å². The highest BCUT2D eigenvalue weighted by Crippen LogP contribution is 2.52. The topological polar surface area (TPSA) is 198 Å². The van der Waals surface area contributed by atoms with Crippen molar-refractivity contribution in [3.8, 4) is 45.3 Å². The molecule has 3 saturated heterocycles. The fourth-order valence-electron chi connectivity index (χ4n) is 11.2. The molecule has 3 aromatic heterocycles. The number of aliphatic hydroxyl groups excluding tert-OH is 1. The largest absolute Gasteiger partial charge is 0.486 e. The Morgan fingerprint density at radius 1 is 0.939 bits per heavy atom. The number of carbonyl (C=O) groups is 2. The van der Waals surface area contributed by atoms with Gasteiger partial charge in [0.15, 0.2) is 17.4 Å². The lowest BCUT2D eigenvalue weighted by atomic mass is 9.93. The van der Waals surface area contributed by atoms with Crippen LogP contribution in [-0.4, -0.2) is 121 Å². The molecule has 0 spiro atoms. The SMILES string of the molecule is CO[C@@H](C)COc1nc(N2CC3CC2CN3)c2cc(C(F)(F)F)c(-c3c(Cl)c(F)cc4[nH]ncc34)c(OCc3ccc(-c4cn(C(C(=O)N5CCCC5C(=O)NC(CO)c5ccc(-c6cccc(F)c6F)cc5)C(C)C)nn4)cc3)c2n1. The summed E-state index contributed by atoms with van der Waals surface area (Å²) in [7, 11) is 1.51. The Hall–Kier alpha value is -7.86. The van der Waals surface area contributed by atoms with E-state index in [0.717, 1.165) is 24.6 Å². The second kappa shape index (κ2) is 22.8. The first-order valence-corrected chi connectivity index (χ1v) is 27.1. The van der Waals surface area contributed by atoms with Crippen LogP contribution < -0.4 is 25.0 Å². The second-order valence-electron chi connectivity index (χ2n) is 21.1. The van der Waals surface area contributed by atoms with Crippen LogP contribution in [0.2, 0.25) is 5.02 Å². The minimum absolute atomic E-state index is 0.00923. The monoisotopic (exact) mass is 1150 g/mol. The molecule has 3 fully saturated rings. The van der Waals surface area contributed by atoms with Crippen molar-refractivity contribution < 1.29 is 55.2 Å². The van der Waals surface area contributed by atoms with Crippen molar-refractivity contribution in [3.05, 3.63) is 130 Å². The first-order valence-electron chi connectivity index (χ1n) is 26.7. The number of alkyl halides is 3. The van der Waals surface area contributed by atoms with Crippen molar-refractivity contribution in [2.45, 2.75) is 89.1 Å². The minimum Gasteiger partial charge on any atom is -0.486 e. The number of hydrogen-bond acceptors (Lipinski definition) is 13. The Kier molecular flexibility index (Phi) is 15.6. The Bertz CT molecular complexity index is 3700. The van der Waals surface area contributed by atoms with Crippen molar-refractivity contribution in [2.24, 2.45) is 5.92 Å². The molecule has 2 amide bonds. The number of ether oxygens (including phenoxy) is 3. The minimum atomic E-state index is -5.04. The standard InChI is InChI=1S/C58H56ClF6N11O6/c1-29(2)52(56(79)74-18-6-9-46(74)55(78)68-45(26-77)34-16-14-32(15-17-34)37-7-5-8-41(60)50(37)62)76-25-44(72-73-76)33-12-10-31(11-13-33)28-81-53-48(47-39-23-67-71-43(39)21-42(61)49(47)59)40(58(63,64)65)20-38-51(53)69-57(82-27-30(3)80-4)70-54(38)75-24-35-19-36(75)22-66-35/h5,7-8,10-17,20-21,23,25,29-30,35-36,45-46,52,66,77H,6,9,18-19,22,24,26-28H2,1-4H3,(H,67,71)(H,68,78)/t30-,35?,36?,45?,46?,52?/m0/s1. The Morgan fingerprint density at radius 2 is 1.71 bits per heavy atom. The number of hydrogen-bond donors (Lipinski definition) is 4. The van der Waals surface area contributed by atoms with E-state index in [1.807, 2.05) is 18.7 Å². The van der Waals surface area contributed by atoms with Crippen LogP contribution in [0.4, 0.5) is 32.2 Å². The van der Waals surface area contributed by atoms with Crippen LogP contribution in [0, 0.1) is 23.4 Å². The molecule has 2 bridgehead atoms. The fourth-order valence-corrected chi connectivity index (χ4v) is 11.5. The van der Waals surface area contributed by atoms with Crippen molar-refractivity contribution in [1.82, 2.24) is 50.7 Å². The van der Waals surface area contributed by atoms with Gasteiger partial charge in [0.2, 0.25) is 11.8 Å². The number of halogens is 7. The summed E-state index contributed by atoms with van der Waals surface area (Å²) in [6, 6.07) is 16.3. The summed E-state index contributed by atoms with van der Waals surface area (Å²) in [5.41, 5.74) is 0.460. The van der Waals surface area contributed by atoms with E-state index in [1.54, 1.807) is 61.7 Å². The summed E-state index contributed by atoms with van der Waals surface area (Å²) in [6.45, 7) is 6.02. The van der Waals surface area contributed by atoms with E-state index >= 15 is 17.6 Å². The van der Waals surface area contributed by atoms with Gasteiger partial charge in [0.05, 0.1) is 47.2 Å². The summed E-state index contributed by atoms with van der Waals surface area (Å²) in [5.74, 6) is -4.27. The zero-order valence-electron chi connectivity index (χ0n) is 44.8. The first-order chi connectivity index (χ1) is 39.4. The van der Waals surface area contributed by atoms with Crippen LogP contribution in [0.3, 0.4) is 0 Å². The number of aromatic nitrogens is 7. The molecule has 24 heteroatoms. The molecule has 0 saturated carbocycles. The van der Waals surface area contributed by atoms with E-state index in [9.17, 15) is 23.5 Å². The van der Waals surface area contributed by atoms with Gasteiger partial charge in [-0.1, -0.05) is 91.3 Å². The van der Waals surface area contributed by atoms with E-state index in [1.165, 1.54) is 35.0 Å². The first kappa shape index (κ1) is 56.0. The third kappa shape index (κ3) is 10.8. The Labute approximate surface area is 470 Å². The van der Waals surface area contributed by atoms with Gasteiger partial charge in [0, 0.05) is 77.9 Å². The van der Waals surface area contributed by atoms with Gasteiger partial charge in [-0.15, -0.1) is 5.10 Å². The van der Waals surface area contributed by atoms with Crippen LogP contribution >= 0.6 is 11.6 Å². The molecule has 5 unspecified atom stereocenters. The van der Waals surface area contributed by atoms with Crippen LogP contribution in [0.15, 0.2) is 91.3 Å². The molecule has 82 heavy (non-hydrogen) atoms. The van der Waals surface area contributed by atoms with Crippen molar-refractivity contribution in [2.75, 3.05) is 44.9 Å². The fraction of sp³-hybridized carbons (Fsp3) is 0.362. The predicted octanol–water partition coefficient (Wildman–Crippen LogP) is 9.77. The maximum atomic E-state index is 15.8. The van der Waals surface area contributed by atoms with Gasteiger partial charge in [0.1, 0.15) is 48.1 Å². The average Bonchev–Trinajstić information content (AvgIpc) is 2.34. The molecule has 5 aromatic carbocycles. The molecule has 17 nitrogen and oxygen atoms in total. The highest BCUT2D eigenvalue weighted by atomic mass is 35.5. The number of rotatable bonds is 18. The highest BCUT2D eigenvalue weighted by Gasteiger charge is 2.44. The molecule has 8 aromatic rings. The number of aromatic amines is 1. The molecule has 3 aliphatic heterocycles. The zero-order valence-corrected chi connectivity index (χ0v) is 45.5. The van der Waals surface area contributed by atoms with Gasteiger partial charge in [0.25, 0.3) is 0 Å². The summed E-state index contributed by atoms with van der Waals surface area (Å²) in [4.78, 5) is 41.3. The number of amides is 2. The summed E-state index contributed by atoms with van der Waals surface area (Å²) >= 11 is 6.68. The highest BCUT2D eigenvalue weighted by molar-refractivity contribution is 6.35. The molecule has 0 radical (unpaired) electrons. The van der Waals surface area contributed by atoms with Gasteiger partial charge in [-0.05, 0) is 60.9 Å². The molecule has 11 rings (SSSR count). The van der Waals surface area contributed by atoms with Crippen molar-refractivity contribution in [1.29, 1.82) is 0 Å². The molecule has 0 aliphatic carbocycles. The summed E-state index contributed by atoms with van der Waals surface area (Å²) in [6.07, 6.45) is -0.904. The normalized spacial score (nSPS) is 18.2. The van der Waals surface area contributed by atoms with Crippen LogP contribution in [-0.2, 0) is 27.1 Å². The number of nitrogens with one attached hydrogen (secondary N) is 3. The molecule has 6 heterocycles. The zero-order chi connectivity index (χ0) is 57.7. The number of nitrogens with zero attached hydrogens (tertiary/aromatic N) is 8. The molecule has 3 aliphatic rings. The number of likely N-dealkylation sites (tertiary alicyclic amines) is 1. The number of piperazine rings is 1. The lowest BCUT2D eigenvalue weighted by Gasteiger charge is -2.30. The summed E-state index contributed by atoms with van der Waals surface area (Å²) < 4.78 is 111. The molecular weight excluding hydrogens is 1100 g/mol. The Morgan fingerprint density at radius 3 is 2.40 bits per heavy atom. The number of H-pyrrole nitrogens is 1. The molecule has 6 atom stereocenters. The molecule has 4 N–H and O–H groups in total. The average molecular weight is 1150 g/mol. The van der Waals surface area contributed by atoms with E-state index < -0.39 is 76.5 Å². The number of anilines is 1. The van der Waals surface area contributed by atoms with Crippen molar-refractivity contribution in [3.63, 3.8) is 0 Å². The number of benzene rings is 5. The smallest absolute Gasteiger partial charge is 0.417 e. The number of fused-ring (bicyclic) bond motifs is 4. The van der Waals surface area contributed by atoms with Gasteiger partial charge >= 0.3 is 12.2 Å².